The normalized spacial score (nSPS) is 13.4. The van der Waals surface area contributed by atoms with Crippen LogP contribution in [0.25, 0.3) is 0 Å². The second-order valence-corrected chi connectivity index (χ2v) is 5.51. The molecule has 0 aliphatic carbocycles. The molecule has 3 heteroatoms. The van der Waals surface area contributed by atoms with Crippen LogP contribution < -0.4 is 10.2 Å². The summed E-state index contributed by atoms with van der Waals surface area (Å²) in [7, 11) is 4.00. The summed E-state index contributed by atoms with van der Waals surface area (Å²) in [4.78, 5) is 6.55. The average Bonchev–Trinajstić information content (AvgIpc) is 2.16. The van der Waals surface area contributed by atoms with Crippen LogP contribution in [0.2, 0.25) is 0 Å². The Hall–Kier alpha value is -1.25. The van der Waals surface area contributed by atoms with Crippen molar-refractivity contribution in [1.82, 2.24) is 4.98 Å². The molecule has 1 aromatic rings. The van der Waals surface area contributed by atoms with E-state index in [1.807, 2.05) is 37.2 Å². The molecular weight excluding hydrogens is 198 g/mol. The maximum absolute atomic E-state index is 4.54. The number of aromatic nitrogens is 1. The first-order chi connectivity index (χ1) is 7.30. The van der Waals surface area contributed by atoms with E-state index in [9.17, 15) is 0 Å². The van der Waals surface area contributed by atoms with Crippen molar-refractivity contribution in [1.29, 1.82) is 0 Å². The van der Waals surface area contributed by atoms with Gasteiger partial charge >= 0.3 is 0 Å². The maximum Gasteiger partial charge on any atom is 0.130 e. The molecule has 0 aliphatic rings. The van der Waals surface area contributed by atoms with Crippen LogP contribution in [0.4, 0.5) is 11.6 Å². The van der Waals surface area contributed by atoms with E-state index in [0.29, 0.717) is 6.04 Å². The molecule has 0 saturated carbocycles. The van der Waals surface area contributed by atoms with Crippen molar-refractivity contribution >= 4 is 11.6 Å². The van der Waals surface area contributed by atoms with Crippen LogP contribution in [0.5, 0.6) is 0 Å². The van der Waals surface area contributed by atoms with Gasteiger partial charge in [0.25, 0.3) is 0 Å². The third kappa shape index (κ3) is 3.40. The minimum atomic E-state index is 0.232. The summed E-state index contributed by atoms with van der Waals surface area (Å²) in [5, 5.41) is 3.44. The average molecular weight is 221 g/mol. The van der Waals surface area contributed by atoms with Gasteiger partial charge in [0.1, 0.15) is 11.6 Å². The molecule has 0 spiro atoms. The molecule has 0 aromatic carbocycles. The van der Waals surface area contributed by atoms with Gasteiger partial charge in [-0.15, -0.1) is 0 Å². The SMILES string of the molecule is CC(Nc1cccc(N(C)C)n1)C(C)(C)C. The lowest BCUT2D eigenvalue weighted by Gasteiger charge is -2.28. The van der Waals surface area contributed by atoms with Gasteiger partial charge in [-0.3, -0.25) is 0 Å². The Balaban J connectivity index is 2.78. The number of hydrogen-bond acceptors (Lipinski definition) is 3. The molecule has 0 fully saturated rings. The Bertz CT molecular complexity index is 339. The van der Waals surface area contributed by atoms with Crippen LogP contribution in [0.1, 0.15) is 27.7 Å². The van der Waals surface area contributed by atoms with E-state index < -0.39 is 0 Å². The summed E-state index contributed by atoms with van der Waals surface area (Å²) in [6, 6.07) is 6.43. The minimum Gasteiger partial charge on any atom is -0.367 e. The molecule has 3 nitrogen and oxygen atoms in total. The van der Waals surface area contributed by atoms with Gasteiger partial charge in [0.05, 0.1) is 0 Å². The lowest BCUT2D eigenvalue weighted by Crippen LogP contribution is -2.31. The lowest BCUT2D eigenvalue weighted by molar-refractivity contribution is 0.359. The molecule has 0 bridgehead atoms. The highest BCUT2D eigenvalue weighted by Crippen LogP contribution is 2.22. The molecule has 16 heavy (non-hydrogen) atoms. The van der Waals surface area contributed by atoms with Crippen LogP contribution in [0.15, 0.2) is 18.2 Å². The van der Waals surface area contributed by atoms with Crippen molar-refractivity contribution < 1.29 is 0 Å². The van der Waals surface area contributed by atoms with Crippen LogP contribution in [-0.2, 0) is 0 Å². The fourth-order valence-electron chi connectivity index (χ4n) is 1.19. The van der Waals surface area contributed by atoms with Crippen molar-refractivity contribution in [3.63, 3.8) is 0 Å². The number of anilines is 2. The molecule has 0 radical (unpaired) electrons. The Morgan fingerprint density at radius 1 is 1.25 bits per heavy atom. The van der Waals surface area contributed by atoms with Gasteiger partial charge in [0, 0.05) is 20.1 Å². The lowest BCUT2D eigenvalue weighted by atomic mass is 9.88. The van der Waals surface area contributed by atoms with Crippen molar-refractivity contribution in [2.24, 2.45) is 5.41 Å². The van der Waals surface area contributed by atoms with E-state index in [2.05, 4.69) is 38.0 Å². The molecule has 0 saturated heterocycles. The second-order valence-electron chi connectivity index (χ2n) is 5.51. The van der Waals surface area contributed by atoms with Crippen LogP contribution >= 0.6 is 0 Å². The molecule has 1 heterocycles. The highest BCUT2D eigenvalue weighted by atomic mass is 15.2. The van der Waals surface area contributed by atoms with E-state index in [0.717, 1.165) is 11.6 Å². The summed E-state index contributed by atoms with van der Waals surface area (Å²) in [5.74, 6) is 1.92. The van der Waals surface area contributed by atoms with E-state index in [-0.39, 0.29) is 5.41 Å². The van der Waals surface area contributed by atoms with Crippen molar-refractivity contribution in [3.8, 4) is 0 Å². The first-order valence-electron chi connectivity index (χ1n) is 5.71. The molecule has 1 N–H and O–H groups in total. The van der Waals surface area contributed by atoms with Gasteiger partial charge in [-0.25, -0.2) is 4.98 Å². The number of pyridine rings is 1. The molecule has 0 amide bonds. The van der Waals surface area contributed by atoms with Crippen LogP contribution in [0, 0.1) is 5.41 Å². The molecule has 1 rings (SSSR count). The number of rotatable bonds is 3. The van der Waals surface area contributed by atoms with Gasteiger partial charge in [0.15, 0.2) is 0 Å². The van der Waals surface area contributed by atoms with E-state index in [1.54, 1.807) is 0 Å². The maximum atomic E-state index is 4.54. The van der Waals surface area contributed by atoms with Gasteiger partial charge < -0.3 is 10.2 Å². The molecule has 1 unspecified atom stereocenters. The van der Waals surface area contributed by atoms with E-state index in [1.165, 1.54) is 0 Å². The summed E-state index contributed by atoms with van der Waals surface area (Å²) in [5.41, 5.74) is 0.232. The molecule has 0 aliphatic heterocycles. The predicted molar refractivity (Wildman–Crippen MR) is 71.1 cm³/mol. The van der Waals surface area contributed by atoms with Gasteiger partial charge in [-0.05, 0) is 24.5 Å². The third-order valence-electron chi connectivity index (χ3n) is 2.86. The quantitative estimate of drug-likeness (QED) is 0.850. The Morgan fingerprint density at radius 2 is 1.88 bits per heavy atom. The molecule has 1 atom stereocenters. The van der Waals surface area contributed by atoms with Crippen LogP contribution in [-0.4, -0.2) is 25.1 Å². The fourth-order valence-corrected chi connectivity index (χ4v) is 1.19. The van der Waals surface area contributed by atoms with Gasteiger partial charge in [-0.1, -0.05) is 26.8 Å². The first-order valence-corrected chi connectivity index (χ1v) is 5.71. The molecule has 1 aromatic heterocycles. The zero-order valence-corrected chi connectivity index (χ0v) is 11.2. The van der Waals surface area contributed by atoms with Gasteiger partial charge in [-0.2, -0.15) is 0 Å². The van der Waals surface area contributed by atoms with E-state index >= 15 is 0 Å². The Labute approximate surface area is 98.9 Å². The summed E-state index contributed by atoms with van der Waals surface area (Å²) < 4.78 is 0. The fraction of sp³-hybridized carbons (Fsp3) is 0.615. The topological polar surface area (TPSA) is 28.2 Å². The largest absolute Gasteiger partial charge is 0.367 e. The summed E-state index contributed by atoms with van der Waals surface area (Å²) in [6.45, 7) is 8.85. The highest BCUT2D eigenvalue weighted by molar-refractivity contribution is 5.46. The third-order valence-corrected chi connectivity index (χ3v) is 2.86. The molecular formula is C13H23N3. The molecule has 90 valence electrons. The summed E-state index contributed by atoms with van der Waals surface area (Å²) >= 11 is 0. The minimum absolute atomic E-state index is 0.232. The summed E-state index contributed by atoms with van der Waals surface area (Å²) in [6.07, 6.45) is 0. The highest BCUT2D eigenvalue weighted by Gasteiger charge is 2.19. The number of nitrogens with one attached hydrogen (secondary N) is 1. The van der Waals surface area contributed by atoms with Gasteiger partial charge in [0.2, 0.25) is 0 Å². The second kappa shape index (κ2) is 4.73. The van der Waals surface area contributed by atoms with Crippen molar-refractivity contribution in [2.45, 2.75) is 33.7 Å². The number of hydrogen-bond donors (Lipinski definition) is 1. The van der Waals surface area contributed by atoms with Crippen molar-refractivity contribution in [2.75, 3.05) is 24.3 Å². The standard InChI is InChI=1S/C13H23N3/c1-10(13(2,3)4)14-11-8-7-9-12(15-11)16(5)6/h7-10H,1-6H3,(H,14,15). The number of nitrogens with zero attached hydrogens (tertiary/aromatic N) is 2. The van der Waals surface area contributed by atoms with Crippen LogP contribution in [0.3, 0.4) is 0 Å². The predicted octanol–water partition coefficient (Wildman–Crippen LogP) is 2.99. The van der Waals surface area contributed by atoms with Crippen molar-refractivity contribution in [3.05, 3.63) is 18.2 Å². The monoisotopic (exact) mass is 221 g/mol. The smallest absolute Gasteiger partial charge is 0.130 e. The zero-order chi connectivity index (χ0) is 12.3. The Kier molecular flexibility index (Phi) is 3.79. The zero-order valence-electron chi connectivity index (χ0n) is 11.2. The first kappa shape index (κ1) is 12.8. The van der Waals surface area contributed by atoms with E-state index in [4.69, 9.17) is 0 Å². The Morgan fingerprint density at radius 3 is 2.38 bits per heavy atom.